The Kier molecular flexibility index (Phi) is 5.48. The Hall–Kier alpha value is -3.10. The topological polar surface area (TPSA) is 57.7 Å². The fourth-order valence-electron chi connectivity index (χ4n) is 3.72. The van der Waals surface area contributed by atoms with Crippen LogP contribution >= 0.6 is 22.7 Å². The van der Waals surface area contributed by atoms with Gasteiger partial charge in [0, 0.05) is 31.9 Å². The van der Waals surface area contributed by atoms with E-state index in [1.54, 1.807) is 18.4 Å². The molecule has 1 aliphatic heterocycles. The molecule has 1 fully saturated rings. The van der Waals surface area contributed by atoms with Crippen LogP contribution in [0.5, 0.6) is 5.75 Å². The lowest BCUT2D eigenvalue weighted by Crippen LogP contribution is -2.48. The molecule has 0 unspecified atom stereocenters. The Morgan fingerprint density at radius 2 is 1.74 bits per heavy atom. The fourth-order valence-corrected chi connectivity index (χ4v) is 5.82. The molecule has 8 heteroatoms. The fraction of sp³-hybridized carbons (Fsp3) is 0.217. The van der Waals surface area contributed by atoms with E-state index in [2.05, 4.69) is 39.5 Å². The van der Waals surface area contributed by atoms with Gasteiger partial charge in [-0.3, -0.25) is 4.79 Å². The van der Waals surface area contributed by atoms with Crippen LogP contribution in [0.25, 0.3) is 9.53 Å². The number of piperazine rings is 1. The van der Waals surface area contributed by atoms with Gasteiger partial charge in [0.2, 0.25) is 0 Å². The molecular weight excluding hydrogens is 428 g/mol. The van der Waals surface area contributed by atoms with Crippen molar-refractivity contribution in [3.05, 3.63) is 65.5 Å². The quantitative estimate of drug-likeness (QED) is 0.460. The van der Waals surface area contributed by atoms with E-state index in [1.165, 1.54) is 17.0 Å². The lowest BCUT2D eigenvalue weighted by Gasteiger charge is -2.35. The molecule has 4 aromatic rings. The number of thiophene rings is 1. The molecule has 158 valence electrons. The molecule has 5 rings (SSSR count). The Morgan fingerprint density at radius 1 is 1.00 bits per heavy atom. The number of carbonyl (C=O) groups excluding carboxylic acids is 1. The third kappa shape index (κ3) is 4.08. The molecule has 0 spiro atoms. The van der Waals surface area contributed by atoms with Crippen LogP contribution in [0.3, 0.4) is 0 Å². The van der Waals surface area contributed by atoms with Gasteiger partial charge in [-0.25, -0.2) is 4.98 Å². The van der Waals surface area contributed by atoms with Crippen LogP contribution in [0.1, 0.15) is 9.67 Å². The van der Waals surface area contributed by atoms with Crippen molar-refractivity contribution in [2.24, 2.45) is 0 Å². The molecule has 3 heterocycles. The average Bonchev–Trinajstić information content (AvgIpc) is 3.38. The first kappa shape index (κ1) is 19.8. The zero-order chi connectivity index (χ0) is 21.2. The third-order valence-electron chi connectivity index (χ3n) is 5.34. The average molecular weight is 451 g/mol. The highest BCUT2D eigenvalue weighted by Gasteiger charge is 2.24. The SMILES string of the molecule is COc1ccccc1Nc1nc2sc(C(=O)N3CCN(c4ccccc4)CC3)cc2s1. The number of hydrogen-bond donors (Lipinski definition) is 1. The van der Waals surface area contributed by atoms with E-state index in [-0.39, 0.29) is 5.91 Å². The molecule has 1 aliphatic rings. The summed E-state index contributed by atoms with van der Waals surface area (Å²) in [7, 11) is 1.65. The predicted molar refractivity (Wildman–Crippen MR) is 128 cm³/mol. The molecular formula is C23H22N4O2S2. The number of rotatable bonds is 5. The number of carbonyl (C=O) groups is 1. The number of hydrogen-bond acceptors (Lipinski definition) is 7. The maximum absolute atomic E-state index is 13.0. The first-order chi connectivity index (χ1) is 15.2. The van der Waals surface area contributed by atoms with E-state index in [0.29, 0.717) is 0 Å². The van der Waals surface area contributed by atoms with Crippen LogP contribution in [-0.2, 0) is 0 Å². The zero-order valence-electron chi connectivity index (χ0n) is 17.1. The van der Waals surface area contributed by atoms with Gasteiger partial charge in [-0.2, -0.15) is 0 Å². The number of anilines is 3. The molecule has 2 aromatic heterocycles. The summed E-state index contributed by atoms with van der Waals surface area (Å²) in [5, 5.41) is 4.11. The highest BCUT2D eigenvalue weighted by molar-refractivity contribution is 7.29. The normalized spacial score (nSPS) is 14.1. The summed E-state index contributed by atoms with van der Waals surface area (Å²) in [6.07, 6.45) is 0. The van der Waals surface area contributed by atoms with Crippen LogP contribution in [0.4, 0.5) is 16.5 Å². The minimum absolute atomic E-state index is 0.0992. The Morgan fingerprint density at radius 3 is 2.48 bits per heavy atom. The molecule has 0 bridgehead atoms. The number of aromatic nitrogens is 1. The summed E-state index contributed by atoms with van der Waals surface area (Å²) in [5.41, 5.74) is 2.09. The predicted octanol–water partition coefficient (Wildman–Crippen LogP) is 5.07. The standard InChI is InChI=1S/C23H22N4O2S2/c1-29-18-10-6-5-9-17(18)24-23-25-21-19(31-23)15-20(30-21)22(28)27-13-11-26(12-14-27)16-7-3-2-4-8-16/h2-10,15H,11-14H2,1H3,(H,24,25). The van der Waals surface area contributed by atoms with Crippen LogP contribution < -0.4 is 15.0 Å². The number of fused-ring (bicyclic) bond motifs is 1. The number of para-hydroxylation sites is 3. The number of methoxy groups -OCH3 is 1. The van der Waals surface area contributed by atoms with E-state index < -0.39 is 0 Å². The van der Waals surface area contributed by atoms with Gasteiger partial charge in [-0.1, -0.05) is 41.7 Å². The largest absolute Gasteiger partial charge is 0.495 e. The number of benzene rings is 2. The number of ether oxygens (including phenoxy) is 1. The maximum atomic E-state index is 13.0. The van der Waals surface area contributed by atoms with E-state index in [9.17, 15) is 4.79 Å². The molecule has 2 aromatic carbocycles. The van der Waals surface area contributed by atoms with Crippen molar-refractivity contribution in [1.82, 2.24) is 9.88 Å². The van der Waals surface area contributed by atoms with Crippen molar-refractivity contribution >= 4 is 54.6 Å². The van der Waals surface area contributed by atoms with Crippen molar-refractivity contribution in [1.29, 1.82) is 0 Å². The van der Waals surface area contributed by atoms with Crippen molar-refractivity contribution in [3.63, 3.8) is 0 Å². The molecule has 1 N–H and O–H groups in total. The van der Waals surface area contributed by atoms with Crippen molar-refractivity contribution in [3.8, 4) is 5.75 Å². The van der Waals surface area contributed by atoms with E-state index in [4.69, 9.17) is 4.74 Å². The Labute approximate surface area is 188 Å². The van der Waals surface area contributed by atoms with Crippen LogP contribution in [-0.4, -0.2) is 49.1 Å². The van der Waals surface area contributed by atoms with E-state index in [0.717, 1.165) is 57.2 Å². The third-order valence-corrected chi connectivity index (χ3v) is 7.40. The maximum Gasteiger partial charge on any atom is 0.264 e. The molecule has 0 aliphatic carbocycles. The van der Waals surface area contributed by atoms with Gasteiger partial charge in [0.05, 0.1) is 22.4 Å². The lowest BCUT2D eigenvalue weighted by atomic mass is 10.2. The summed E-state index contributed by atoms with van der Waals surface area (Å²) in [4.78, 5) is 23.6. The second kappa shape index (κ2) is 8.56. The molecule has 6 nitrogen and oxygen atoms in total. The first-order valence-electron chi connectivity index (χ1n) is 10.1. The summed E-state index contributed by atoms with van der Waals surface area (Å²) in [5.74, 6) is 0.869. The highest BCUT2D eigenvalue weighted by atomic mass is 32.1. The summed E-state index contributed by atoms with van der Waals surface area (Å²) < 4.78 is 6.41. The molecule has 1 saturated heterocycles. The highest BCUT2D eigenvalue weighted by Crippen LogP contribution is 2.36. The van der Waals surface area contributed by atoms with Crippen LogP contribution in [0.15, 0.2) is 60.7 Å². The van der Waals surface area contributed by atoms with Gasteiger partial charge in [-0.15, -0.1) is 11.3 Å². The zero-order valence-corrected chi connectivity index (χ0v) is 18.7. The molecule has 0 radical (unpaired) electrons. The van der Waals surface area contributed by atoms with Gasteiger partial charge in [0.25, 0.3) is 5.91 Å². The number of thiazole rings is 1. The minimum Gasteiger partial charge on any atom is -0.495 e. The first-order valence-corrected chi connectivity index (χ1v) is 11.7. The van der Waals surface area contributed by atoms with Crippen LogP contribution in [0, 0.1) is 0 Å². The Balaban J connectivity index is 1.26. The van der Waals surface area contributed by atoms with Crippen molar-refractivity contribution in [2.75, 3.05) is 43.5 Å². The van der Waals surface area contributed by atoms with Gasteiger partial charge in [-0.05, 0) is 30.3 Å². The molecule has 0 saturated carbocycles. The number of nitrogens with zero attached hydrogens (tertiary/aromatic N) is 3. The molecule has 0 atom stereocenters. The minimum atomic E-state index is 0.0992. The van der Waals surface area contributed by atoms with Gasteiger partial charge in [0.1, 0.15) is 10.6 Å². The number of nitrogens with one attached hydrogen (secondary N) is 1. The summed E-state index contributed by atoms with van der Waals surface area (Å²) >= 11 is 3.01. The van der Waals surface area contributed by atoms with Crippen LogP contribution in [0.2, 0.25) is 0 Å². The van der Waals surface area contributed by atoms with Gasteiger partial charge >= 0.3 is 0 Å². The van der Waals surface area contributed by atoms with Crippen molar-refractivity contribution in [2.45, 2.75) is 0 Å². The number of amides is 1. The van der Waals surface area contributed by atoms with E-state index >= 15 is 0 Å². The smallest absolute Gasteiger partial charge is 0.264 e. The Bertz CT molecular complexity index is 1170. The monoisotopic (exact) mass is 450 g/mol. The van der Waals surface area contributed by atoms with Gasteiger partial charge in [0.15, 0.2) is 5.13 Å². The summed E-state index contributed by atoms with van der Waals surface area (Å²) in [6, 6.07) is 20.1. The van der Waals surface area contributed by atoms with E-state index in [1.807, 2.05) is 41.3 Å². The molecule has 31 heavy (non-hydrogen) atoms. The molecule has 1 amide bonds. The van der Waals surface area contributed by atoms with Crippen molar-refractivity contribution < 1.29 is 9.53 Å². The van der Waals surface area contributed by atoms with Gasteiger partial charge < -0.3 is 19.9 Å². The second-order valence-corrected chi connectivity index (χ2v) is 9.30. The second-order valence-electron chi connectivity index (χ2n) is 7.24. The lowest BCUT2D eigenvalue weighted by molar-refractivity contribution is 0.0752. The summed E-state index contributed by atoms with van der Waals surface area (Å²) in [6.45, 7) is 3.15.